The maximum atomic E-state index is 11.5. The second-order valence-corrected chi connectivity index (χ2v) is 3.95. The molecule has 15 heavy (non-hydrogen) atoms. The third-order valence-corrected chi connectivity index (χ3v) is 1.44. The monoisotopic (exact) mass is 218 g/mol. The number of hydrogen-bond donors (Lipinski definition) is 2. The molecule has 0 saturated carbocycles. The van der Waals surface area contributed by atoms with Crippen molar-refractivity contribution in [3.63, 3.8) is 0 Å². The van der Waals surface area contributed by atoms with Crippen LogP contribution < -0.4 is 11.5 Å². The lowest BCUT2D eigenvalue weighted by Crippen LogP contribution is -2.38. The lowest BCUT2D eigenvalue weighted by Gasteiger charge is -2.22. The normalized spacial score (nSPS) is 13.1. The van der Waals surface area contributed by atoms with Crippen LogP contribution in [0.3, 0.4) is 0 Å². The van der Waals surface area contributed by atoms with Gasteiger partial charge in [-0.15, -0.1) is 0 Å². The van der Waals surface area contributed by atoms with E-state index < -0.39 is 23.5 Å². The predicted molar refractivity (Wildman–Crippen MR) is 53.5 cm³/mol. The first-order valence-corrected chi connectivity index (χ1v) is 4.61. The topological polar surface area (TPSA) is 105 Å². The molecule has 0 heterocycles. The zero-order valence-electron chi connectivity index (χ0n) is 9.28. The molecule has 88 valence electrons. The maximum absolute atomic E-state index is 11.5. The van der Waals surface area contributed by atoms with Crippen LogP contribution in [-0.4, -0.2) is 30.8 Å². The summed E-state index contributed by atoms with van der Waals surface area (Å²) in [6.45, 7) is 4.66. The van der Waals surface area contributed by atoms with Crippen molar-refractivity contribution in [2.45, 2.75) is 26.4 Å². The van der Waals surface area contributed by atoms with E-state index in [2.05, 4.69) is 4.74 Å². The molecule has 0 aliphatic heterocycles. The summed E-state index contributed by atoms with van der Waals surface area (Å²) in [4.78, 5) is 22.7. The Morgan fingerprint density at radius 2 is 1.73 bits per heavy atom. The Kier molecular flexibility index (Phi) is 5.24. The average Bonchev–Trinajstić information content (AvgIpc) is 2.02. The fourth-order valence-corrected chi connectivity index (χ4v) is 0.844. The average molecular weight is 218 g/mol. The van der Waals surface area contributed by atoms with Gasteiger partial charge in [-0.05, 0) is 20.8 Å². The van der Waals surface area contributed by atoms with E-state index in [9.17, 15) is 9.59 Å². The molecule has 6 nitrogen and oxygen atoms in total. The Morgan fingerprint density at radius 3 is 2.07 bits per heavy atom. The van der Waals surface area contributed by atoms with Gasteiger partial charge in [0.25, 0.3) is 0 Å². The first kappa shape index (κ1) is 13.9. The fourth-order valence-electron chi connectivity index (χ4n) is 0.844. The minimum Gasteiger partial charge on any atom is -0.459 e. The molecular weight excluding hydrogens is 200 g/mol. The molecule has 0 spiro atoms. The van der Waals surface area contributed by atoms with Gasteiger partial charge in [0.15, 0.2) is 5.92 Å². The van der Waals surface area contributed by atoms with Gasteiger partial charge in [-0.3, -0.25) is 15.3 Å². The van der Waals surface area contributed by atoms with E-state index in [-0.39, 0.29) is 13.3 Å². The van der Waals surface area contributed by atoms with Crippen molar-refractivity contribution in [2.75, 3.05) is 13.3 Å². The van der Waals surface area contributed by atoms with E-state index in [1.807, 2.05) is 0 Å². The zero-order chi connectivity index (χ0) is 12.1. The van der Waals surface area contributed by atoms with E-state index in [0.29, 0.717) is 0 Å². The van der Waals surface area contributed by atoms with Gasteiger partial charge >= 0.3 is 11.9 Å². The van der Waals surface area contributed by atoms with Crippen molar-refractivity contribution in [3.8, 4) is 0 Å². The summed E-state index contributed by atoms with van der Waals surface area (Å²) in [6, 6.07) is 0. The molecule has 0 aliphatic rings. The molecule has 0 aliphatic carbocycles. The van der Waals surface area contributed by atoms with Crippen LogP contribution in [0.25, 0.3) is 0 Å². The maximum Gasteiger partial charge on any atom is 0.322 e. The Bertz CT molecular complexity index is 235. The van der Waals surface area contributed by atoms with E-state index in [1.165, 1.54) is 0 Å². The largest absolute Gasteiger partial charge is 0.459 e. The van der Waals surface area contributed by atoms with Gasteiger partial charge in [-0.1, -0.05) is 0 Å². The number of rotatable bonds is 4. The highest BCUT2D eigenvalue weighted by molar-refractivity contribution is 5.95. The molecule has 0 amide bonds. The third-order valence-electron chi connectivity index (χ3n) is 1.44. The molecule has 1 unspecified atom stereocenters. The summed E-state index contributed by atoms with van der Waals surface area (Å²) in [6.07, 6.45) is 0. The second-order valence-electron chi connectivity index (χ2n) is 3.95. The van der Waals surface area contributed by atoms with Crippen molar-refractivity contribution in [1.29, 1.82) is 0 Å². The van der Waals surface area contributed by atoms with Crippen LogP contribution in [-0.2, 0) is 19.1 Å². The van der Waals surface area contributed by atoms with Crippen molar-refractivity contribution >= 4 is 11.9 Å². The van der Waals surface area contributed by atoms with Crippen molar-refractivity contribution in [3.05, 3.63) is 0 Å². The van der Waals surface area contributed by atoms with Gasteiger partial charge < -0.3 is 15.2 Å². The molecule has 4 N–H and O–H groups in total. The number of ether oxygens (including phenoxy) is 2. The molecule has 0 aromatic heterocycles. The summed E-state index contributed by atoms with van der Waals surface area (Å²) in [5, 5.41) is 0. The van der Waals surface area contributed by atoms with Gasteiger partial charge in [0, 0.05) is 6.54 Å². The highest BCUT2D eigenvalue weighted by Gasteiger charge is 2.31. The number of carbonyl (C=O) groups is 2. The SMILES string of the molecule is CC(C)(C)OC(=O)C(CN)C(=O)OCN. The Hall–Kier alpha value is -1.14. The second kappa shape index (κ2) is 5.67. The molecule has 1 atom stereocenters. The number of esters is 2. The molecule has 0 aromatic rings. The number of hydrogen-bond acceptors (Lipinski definition) is 6. The molecule has 0 saturated heterocycles. The van der Waals surface area contributed by atoms with Crippen LogP contribution in [0.2, 0.25) is 0 Å². The van der Waals surface area contributed by atoms with Crippen LogP contribution >= 0.6 is 0 Å². The Morgan fingerprint density at radius 1 is 1.20 bits per heavy atom. The minimum atomic E-state index is -1.10. The van der Waals surface area contributed by atoms with Gasteiger partial charge in [0.2, 0.25) is 0 Å². The molecule has 6 heteroatoms. The van der Waals surface area contributed by atoms with E-state index >= 15 is 0 Å². The van der Waals surface area contributed by atoms with Crippen LogP contribution in [0, 0.1) is 5.92 Å². The summed E-state index contributed by atoms with van der Waals surface area (Å²) in [5.41, 5.74) is 9.64. The molecule has 0 bridgehead atoms. The van der Waals surface area contributed by atoms with Crippen molar-refractivity contribution in [2.24, 2.45) is 17.4 Å². The van der Waals surface area contributed by atoms with Gasteiger partial charge in [0.1, 0.15) is 12.3 Å². The van der Waals surface area contributed by atoms with Gasteiger partial charge in [-0.25, -0.2) is 0 Å². The van der Waals surface area contributed by atoms with Crippen molar-refractivity contribution < 1.29 is 19.1 Å². The molecule has 0 fully saturated rings. The van der Waals surface area contributed by atoms with Gasteiger partial charge in [0.05, 0.1) is 0 Å². The molecule has 0 radical (unpaired) electrons. The first-order chi connectivity index (χ1) is 6.81. The lowest BCUT2D eigenvalue weighted by molar-refractivity contribution is -0.168. The Labute approximate surface area is 88.9 Å². The summed E-state index contributed by atoms with van der Waals surface area (Å²) in [5.74, 6) is -2.55. The summed E-state index contributed by atoms with van der Waals surface area (Å²) < 4.78 is 9.49. The predicted octanol–water partition coefficient (Wildman–Crippen LogP) is -0.638. The standard InChI is InChI=1S/C9H18N2O4/c1-9(2,3)15-8(13)6(4-10)7(12)14-5-11/h6H,4-5,10-11H2,1-3H3. The Balaban J connectivity index is 4.41. The van der Waals surface area contributed by atoms with E-state index in [4.69, 9.17) is 16.2 Å². The van der Waals surface area contributed by atoms with Crippen LogP contribution in [0.5, 0.6) is 0 Å². The highest BCUT2D eigenvalue weighted by Crippen LogP contribution is 2.11. The summed E-state index contributed by atoms with van der Waals surface area (Å²) >= 11 is 0. The highest BCUT2D eigenvalue weighted by atomic mass is 16.6. The van der Waals surface area contributed by atoms with E-state index in [0.717, 1.165) is 0 Å². The van der Waals surface area contributed by atoms with Crippen LogP contribution in [0.1, 0.15) is 20.8 Å². The molecular formula is C9H18N2O4. The minimum absolute atomic E-state index is 0.159. The third kappa shape index (κ3) is 5.34. The summed E-state index contributed by atoms with van der Waals surface area (Å²) in [7, 11) is 0. The van der Waals surface area contributed by atoms with Crippen molar-refractivity contribution in [1.82, 2.24) is 0 Å². The lowest BCUT2D eigenvalue weighted by atomic mass is 10.1. The van der Waals surface area contributed by atoms with Crippen LogP contribution in [0.15, 0.2) is 0 Å². The quantitative estimate of drug-likeness (QED) is 0.369. The zero-order valence-corrected chi connectivity index (χ0v) is 9.28. The number of carbonyl (C=O) groups excluding carboxylic acids is 2. The number of nitrogens with two attached hydrogens (primary N) is 2. The van der Waals surface area contributed by atoms with Gasteiger partial charge in [-0.2, -0.15) is 0 Å². The van der Waals surface area contributed by atoms with Crippen LogP contribution in [0.4, 0.5) is 0 Å². The molecule has 0 rings (SSSR count). The first-order valence-electron chi connectivity index (χ1n) is 4.61. The smallest absolute Gasteiger partial charge is 0.322 e. The van der Waals surface area contributed by atoms with E-state index in [1.54, 1.807) is 20.8 Å². The fraction of sp³-hybridized carbons (Fsp3) is 0.778. The molecule has 0 aromatic carbocycles.